The molecule has 0 amide bonds. The van der Waals surface area contributed by atoms with E-state index in [4.69, 9.17) is 0 Å². The van der Waals surface area contributed by atoms with Crippen LogP contribution in [-0.2, 0) is 0 Å². The molecular weight excluding hydrogens is 258 g/mol. The lowest BCUT2D eigenvalue weighted by molar-refractivity contribution is 0.103. The third-order valence-electron chi connectivity index (χ3n) is 2.95. The highest BCUT2D eigenvalue weighted by Crippen LogP contribution is 2.33. The molecule has 0 fully saturated rings. The first-order valence-electron chi connectivity index (χ1n) is 5.97. The van der Waals surface area contributed by atoms with Gasteiger partial charge in [-0.2, -0.15) is 0 Å². The molecule has 5 nitrogen and oxygen atoms in total. The molecule has 0 spiro atoms. The second-order valence-corrected chi connectivity index (χ2v) is 4.63. The van der Waals surface area contributed by atoms with Gasteiger partial charge >= 0.3 is 0 Å². The van der Waals surface area contributed by atoms with Crippen LogP contribution in [0.1, 0.15) is 15.9 Å². The third-order valence-corrected chi connectivity index (χ3v) is 2.95. The van der Waals surface area contributed by atoms with Crippen molar-refractivity contribution in [3.8, 4) is 17.2 Å². The minimum atomic E-state index is -0.509. The predicted octanol–water partition coefficient (Wildman–Crippen LogP) is 2.10. The van der Waals surface area contributed by atoms with Gasteiger partial charge in [0.05, 0.1) is 0 Å². The molecule has 0 aliphatic carbocycles. The number of nitrogens with zero attached hydrogens (tertiary/aromatic N) is 1. The number of hydrogen-bond acceptors (Lipinski definition) is 5. The molecule has 0 bridgehead atoms. The summed E-state index contributed by atoms with van der Waals surface area (Å²) in [6, 6.07) is 8.79. The van der Waals surface area contributed by atoms with E-state index in [9.17, 15) is 20.1 Å². The summed E-state index contributed by atoms with van der Waals surface area (Å²) in [6.07, 6.45) is 0. The second kappa shape index (κ2) is 5.13. The molecule has 20 heavy (non-hydrogen) atoms. The first-order valence-corrected chi connectivity index (χ1v) is 5.97. The van der Waals surface area contributed by atoms with Crippen molar-refractivity contribution in [3.05, 3.63) is 47.5 Å². The maximum Gasteiger partial charge on any atom is 0.200 e. The van der Waals surface area contributed by atoms with Crippen molar-refractivity contribution in [1.82, 2.24) is 0 Å². The molecule has 0 aliphatic heterocycles. The average Bonchev–Trinajstić information content (AvgIpc) is 2.37. The first-order chi connectivity index (χ1) is 9.40. The van der Waals surface area contributed by atoms with Gasteiger partial charge in [-0.05, 0) is 24.3 Å². The zero-order chi connectivity index (χ0) is 14.9. The standard InChI is InChI=1S/C15H15NO4/c1-16(2)10-5-3-9(4-6-10)15(20)14-12(18)7-11(17)8-13(14)19/h3-8,17-19H,1-2H3. The Labute approximate surface area is 116 Å². The zero-order valence-electron chi connectivity index (χ0n) is 11.2. The van der Waals surface area contributed by atoms with Crippen molar-refractivity contribution in [1.29, 1.82) is 0 Å². The largest absolute Gasteiger partial charge is 0.508 e. The monoisotopic (exact) mass is 273 g/mol. The zero-order valence-corrected chi connectivity index (χ0v) is 11.2. The van der Waals surface area contributed by atoms with Crippen LogP contribution < -0.4 is 4.90 Å². The van der Waals surface area contributed by atoms with Crippen molar-refractivity contribution in [2.45, 2.75) is 0 Å². The van der Waals surface area contributed by atoms with Crippen molar-refractivity contribution in [2.24, 2.45) is 0 Å². The van der Waals surface area contributed by atoms with E-state index in [0.717, 1.165) is 17.8 Å². The summed E-state index contributed by atoms with van der Waals surface area (Å²) in [4.78, 5) is 14.2. The fourth-order valence-corrected chi connectivity index (χ4v) is 1.89. The Morgan fingerprint density at radius 3 is 1.90 bits per heavy atom. The van der Waals surface area contributed by atoms with Crippen molar-refractivity contribution in [3.63, 3.8) is 0 Å². The Morgan fingerprint density at radius 1 is 0.950 bits per heavy atom. The van der Waals surface area contributed by atoms with Crippen molar-refractivity contribution in [2.75, 3.05) is 19.0 Å². The van der Waals surface area contributed by atoms with Gasteiger partial charge in [0.15, 0.2) is 0 Å². The highest BCUT2D eigenvalue weighted by atomic mass is 16.3. The number of phenols is 3. The summed E-state index contributed by atoms with van der Waals surface area (Å²) in [5.41, 5.74) is 1.05. The molecule has 3 N–H and O–H groups in total. The molecule has 5 heteroatoms. The van der Waals surface area contributed by atoms with Crippen molar-refractivity contribution < 1.29 is 20.1 Å². The third kappa shape index (κ3) is 2.51. The van der Waals surface area contributed by atoms with Crippen LogP contribution in [0.4, 0.5) is 5.69 Å². The molecular formula is C15H15NO4. The van der Waals surface area contributed by atoms with E-state index in [0.29, 0.717) is 5.56 Å². The van der Waals surface area contributed by atoms with E-state index in [2.05, 4.69) is 0 Å². The topological polar surface area (TPSA) is 81.0 Å². The Kier molecular flexibility index (Phi) is 3.52. The fraction of sp³-hybridized carbons (Fsp3) is 0.133. The minimum Gasteiger partial charge on any atom is -0.508 e. The molecule has 2 aromatic rings. The summed E-state index contributed by atoms with van der Waals surface area (Å²) in [7, 11) is 3.77. The van der Waals surface area contributed by atoms with Gasteiger partial charge in [-0.3, -0.25) is 4.79 Å². The van der Waals surface area contributed by atoms with Gasteiger partial charge in [0.1, 0.15) is 22.8 Å². The Bertz CT molecular complexity index is 624. The molecule has 2 aromatic carbocycles. The molecule has 0 saturated heterocycles. The quantitative estimate of drug-likeness (QED) is 0.746. The molecule has 0 unspecified atom stereocenters. The lowest BCUT2D eigenvalue weighted by Crippen LogP contribution is -2.09. The highest BCUT2D eigenvalue weighted by Gasteiger charge is 2.19. The Balaban J connectivity index is 2.41. The van der Waals surface area contributed by atoms with Gasteiger partial charge in [-0.15, -0.1) is 0 Å². The summed E-state index contributed by atoms with van der Waals surface area (Å²) in [5.74, 6) is -1.72. The van der Waals surface area contributed by atoms with Crippen LogP contribution in [0, 0.1) is 0 Å². The maximum absolute atomic E-state index is 12.3. The van der Waals surface area contributed by atoms with Crippen LogP contribution in [0.5, 0.6) is 17.2 Å². The van der Waals surface area contributed by atoms with Crippen LogP contribution in [0.15, 0.2) is 36.4 Å². The lowest BCUT2D eigenvalue weighted by Gasteiger charge is -2.13. The van der Waals surface area contributed by atoms with Crippen LogP contribution >= 0.6 is 0 Å². The van der Waals surface area contributed by atoms with Crippen LogP contribution in [0.25, 0.3) is 0 Å². The van der Waals surface area contributed by atoms with Gasteiger partial charge in [-0.1, -0.05) is 0 Å². The summed E-state index contributed by atoms with van der Waals surface area (Å²) in [6.45, 7) is 0. The Morgan fingerprint density at radius 2 is 1.45 bits per heavy atom. The molecule has 104 valence electrons. The number of ketones is 1. The number of hydrogen-bond donors (Lipinski definition) is 3. The predicted molar refractivity (Wildman–Crippen MR) is 75.6 cm³/mol. The van der Waals surface area contributed by atoms with Crippen LogP contribution in [0.2, 0.25) is 0 Å². The SMILES string of the molecule is CN(C)c1ccc(C(=O)c2c(O)cc(O)cc2O)cc1. The number of carbonyl (C=O) groups excluding carboxylic acids is 1. The number of phenolic OH excluding ortho intramolecular Hbond substituents is 3. The maximum atomic E-state index is 12.3. The average molecular weight is 273 g/mol. The number of anilines is 1. The molecule has 0 radical (unpaired) electrons. The smallest absolute Gasteiger partial charge is 0.200 e. The van der Waals surface area contributed by atoms with Gasteiger partial charge < -0.3 is 20.2 Å². The van der Waals surface area contributed by atoms with Gasteiger partial charge in [0.2, 0.25) is 5.78 Å². The number of rotatable bonds is 3. The summed E-state index contributed by atoms with van der Waals surface area (Å²) < 4.78 is 0. The van der Waals surface area contributed by atoms with Crippen LogP contribution in [-0.4, -0.2) is 35.2 Å². The molecule has 0 atom stereocenters. The number of carbonyl (C=O) groups is 1. The van der Waals surface area contributed by atoms with E-state index in [1.54, 1.807) is 24.3 Å². The molecule has 2 rings (SSSR count). The van der Waals surface area contributed by atoms with E-state index in [1.165, 1.54) is 0 Å². The van der Waals surface area contributed by atoms with Gasteiger partial charge in [-0.25, -0.2) is 0 Å². The van der Waals surface area contributed by atoms with Gasteiger partial charge in [0, 0.05) is 37.5 Å². The lowest BCUT2D eigenvalue weighted by atomic mass is 10.0. The fourth-order valence-electron chi connectivity index (χ4n) is 1.89. The summed E-state index contributed by atoms with van der Waals surface area (Å²) in [5, 5.41) is 28.6. The number of aromatic hydroxyl groups is 3. The molecule has 0 saturated carbocycles. The van der Waals surface area contributed by atoms with E-state index >= 15 is 0 Å². The Hall–Kier alpha value is -2.69. The minimum absolute atomic E-state index is 0.222. The van der Waals surface area contributed by atoms with Crippen LogP contribution in [0.3, 0.4) is 0 Å². The van der Waals surface area contributed by atoms with Gasteiger partial charge in [0.25, 0.3) is 0 Å². The summed E-state index contributed by atoms with van der Waals surface area (Å²) >= 11 is 0. The second-order valence-electron chi connectivity index (χ2n) is 4.63. The van der Waals surface area contributed by atoms with E-state index < -0.39 is 17.3 Å². The van der Waals surface area contributed by atoms with E-state index in [-0.39, 0.29) is 11.3 Å². The molecule has 0 aromatic heterocycles. The first kappa shape index (κ1) is 13.7. The molecule has 0 aliphatic rings. The van der Waals surface area contributed by atoms with E-state index in [1.807, 2.05) is 19.0 Å². The number of benzene rings is 2. The highest BCUT2D eigenvalue weighted by molar-refractivity contribution is 6.12. The molecule has 0 heterocycles. The normalized spacial score (nSPS) is 10.3. The van der Waals surface area contributed by atoms with Crippen molar-refractivity contribution >= 4 is 11.5 Å².